The molecule has 1 aliphatic carbocycles. The first kappa shape index (κ1) is 17.0. The lowest BCUT2D eigenvalue weighted by Gasteiger charge is -2.06. The summed E-state index contributed by atoms with van der Waals surface area (Å²) in [5, 5.41) is 0.636. The maximum absolute atomic E-state index is 11.9. The highest BCUT2D eigenvalue weighted by atomic mass is 16.3. The molecule has 3 rings (SSSR count). The summed E-state index contributed by atoms with van der Waals surface area (Å²) in [5.41, 5.74) is 1.66. The first-order chi connectivity index (χ1) is 10.3. The number of hydrogen-bond donors (Lipinski definition) is 0. The molecule has 1 aromatic carbocycles. The van der Waals surface area contributed by atoms with Crippen LogP contribution in [0.5, 0.6) is 0 Å². The van der Waals surface area contributed by atoms with Gasteiger partial charge in [-0.25, -0.2) is 0 Å². The zero-order valence-corrected chi connectivity index (χ0v) is 13.3. The Labute approximate surface area is 126 Å². The SMILES string of the molecule is CC.CC.O=c1cc(C2=CCCC=C2)oc2ccccc12. The lowest BCUT2D eigenvalue weighted by molar-refractivity contribution is 0.587. The third-order valence-electron chi connectivity index (χ3n) is 2.91. The third-order valence-corrected chi connectivity index (χ3v) is 2.91. The zero-order valence-electron chi connectivity index (χ0n) is 13.3. The van der Waals surface area contributed by atoms with Crippen LogP contribution in [0.3, 0.4) is 0 Å². The molecule has 21 heavy (non-hydrogen) atoms. The van der Waals surface area contributed by atoms with Crippen LogP contribution in [0.2, 0.25) is 0 Å². The highest BCUT2D eigenvalue weighted by Crippen LogP contribution is 2.22. The van der Waals surface area contributed by atoms with Crippen LogP contribution < -0.4 is 5.43 Å². The lowest BCUT2D eigenvalue weighted by Crippen LogP contribution is -2.01. The van der Waals surface area contributed by atoms with Crippen molar-refractivity contribution in [2.45, 2.75) is 40.5 Å². The fourth-order valence-electron chi connectivity index (χ4n) is 2.04. The minimum absolute atomic E-state index is 0.0155. The van der Waals surface area contributed by atoms with Gasteiger partial charge in [-0.2, -0.15) is 0 Å². The predicted octanol–water partition coefficient (Wildman–Crippen LogP) is 5.58. The van der Waals surface area contributed by atoms with Gasteiger partial charge in [-0.05, 0) is 25.0 Å². The average Bonchev–Trinajstić information content (AvgIpc) is 2.59. The van der Waals surface area contributed by atoms with Gasteiger partial charge in [0.1, 0.15) is 11.3 Å². The van der Waals surface area contributed by atoms with Gasteiger partial charge in [-0.1, -0.05) is 58.1 Å². The maximum Gasteiger partial charge on any atom is 0.193 e. The van der Waals surface area contributed by atoms with E-state index < -0.39 is 0 Å². The number of fused-ring (bicyclic) bond motifs is 1. The molecule has 1 aromatic heterocycles. The molecule has 0 bridgehead atoms. The second-order valence-electron chi connectivity index (χ2n) is 4.11. The Morgan fingerprint density at radius 2 is 1.71 bits per heavy atom. The summed E-state index contributed by atoms with van der Waals surface area (Å²) in [4.78, 5) is 11.9. The second kappa shape index (κ2) is 8.96. The molecule has 0 atom stereocenters. The summed E-state index contributed by atoms with van der Waals surface area (Å²) in [6.07, 6.45) is 8.28. The summed E-state index contributed by atoms with van der Waals surface area (Å²) in [7, 11) is 0. The summed E-state index contributed by atoms with van der Waals surface area (Å²) in [6.45, 7) is 8.00. The van der Waals surface area contributed by atoms with Crippen molar-refractivity contribution in [1.82, 2.24) is 0 Å². The topological polar surface area (TPSA) is 30.2 Å². The van der Waals surface area contributed by atoms with Gasteiger partial charge in [0.15, 0.2) is 5.43 Å². The van der Waals surface area contributed by atoms with Gasteiger partial charge in [0.2, 0.25) is 0 Å². The molecule has 1 heterocycles. The van der Waals surface area contributed by atoms with E-state index in [-0.39, 0.29) is 5.43 Å². The normalized spacial score (nSPS) is 12.7. The van der Waals surface area contributed by atoms with Crippen LogP contribution in [0.15, 0.2) is 57.8 Å². The summed E-state index contributed by atoms with van der Waals surface area (Å²) in [5.74, 6) is 0.657. The van der Waals surface area contributed by atoms with E-state index in [0.29, 0.717) is 16.7 Å². The predicted molar refractivity (Wildman–Crippen MR) is 91.5 cm³/mol. The van der Waals surface area contributed by atoms with Crippen LogP contribution in [0, 0.1) is 0 Å². The number of rotatable bonds is 1. The van der Waals surface area contributed by atoms with Crippen LogP contribution in [0.1, 0.15) is 46.3 Å². The monoisotopic (exact) mass is 284 g/mol. The van der Waals surface area contributed by atoms with E-state index in [1.165, 1.54) is 0 Å². The molecule has 0 radical (unpaired) electrons. The van der Waals surface area contributed by atoms with Crippen molar-refractivity contribution < 1.29 is 4.42 Å². The van der Waals surface area contributed by atoms with Gasteiger partial charge >= 0.3 is 0 Å². The summed E-state index contributed by atoms with van der Waals surface area (Å²) >= 11 is 0. The van der Waals surface area contributed by atoms with Crippen LogP contribution in [-0.4, -0.2) is 0 Å². The van der Waals surface area contributed by atoms with Gasteiger partial charge in [0.05, 0.1) is 5.39 Å². The van der Waals surface area contributed by atoms with Gasteiger partial charge in [-0.15, -0.1) is 0 Å². The third kappa shape index (κ3) is 4.19. The molecule has 0 fully saturated rings. The van der Waals surface area contributed by atoms with Crippen molar-refractivity contribution >= 4 is 16.5 Å². The van der Waals surface area contributed by atoms with Crippen molar-refractivity contribution in [2.24, 2.45) is 0 Å². The number of para-hydroxylation sites is 1. The number of benzene rings is 1. The number of allylic oxidation sites excluding steroid dienone is 4. The first-order valence-corrected chi connectivity index (χ1v) is 7.74. The van der Waals surface area contributed by atoms with Gasteiger partial charge in [-0.3, -0.25) is 4.79 Å². The molecule has 1 aliphatic rings. The molecule has 0 spiro atoms. The van der Waals surface area contributed by atoms with Crippen LogP contribution in [-0.2, 0) is 0 Å². The van der Waals surface area contributed by atoms with E-state index in [4.69, 9.17) is 4.42 Å². The van der Waals surface area contributed by atoms with Crippen molar-refractivity contribution in [1.29, 1.82) is 0 Å². The molecule has 2 nitrogen and oxygen atoms in total. The molecule has 2 heteroatoms. The van der Waals surface area contributed by atoms with Crippen LogP contribution in [0.25, 0.3) is 16.5 Å². The Kier molecular flexibility index (Phi) is 7.24. The summed E-state index contributed by atoms with van der Waals surface area (Å²) < 4.78 is 5.76. The smallest absolute Gasteiger partial charge is 0.193 e. The first-order valence-electron chi connectivity index (χ1n) is 7.74. The Bertz CT molecular complexity index is 675. The fraction of sp³-hybridized carbons (Fsp3) is 0.316. The second-order valence-corrected chi connectivity index (χ2v) is 4.11. The van der Waals surface area contributed by atoms with E-state index in [1.54, 1.807) is 12.1 Å². The molecule has 0 aliphatic heterocycles. The minimum atomic E-state index is 0.0155. The van der Waals surface area contributed by atoms with Gasteiger partial charge in [0, 0.05) is 11.6 Å². The van der Waals surface area contributed by atoms with Crippen LogP contribution in [0.4, 0.5) is 0 Å². The van der Waals surface area contributed by atoms with Crippen molar-refractivity contribution in [3.8, 4) is 0 Å². The number of hydrogen-bond acceptors (Lipinski definition) is 2. The maximum atomic E-state index is 11.9. The van der Waals surface area contributed by atoms with Gasteiger partial charge < -0.3 is 4.42 Å². The standard InChI is InChI=1S/C15H12O2.2C2H6/c16-13-10-15(11-6-2-1-3-7-11)17-14-9-5-4-8-12(13)14;2*1-2/h2,4-10H,1,3H2;2*1-2H3. The molecular weight excluding hydrogens is 260 g/mol. The van der Waals surface area contributed by atoms with Crippen molar-refractivity contribution in [3.63, 3.8) is 0 Å². The molecule has 0 amide bonds. The Hall–Kier alpha value is -2.09. The Balaban J connectivity index is 0.000000510. The highest BCUT2D eigenvalue weighted by molar-refractivity contribution is 5.80. The van der Waals surface area contributed by atoms with Gasteiger partial charge in [0.25, 0.3) is 0 Å². The molecule has 112 valence electrons. The summed E-state index contributed by atoms with van der Waals surface area (Å²) in [6, 6.07) is 8.91. The van der Waals surface area contributed by atoms with Crippen molar-refractivity contribution in [2.75, 3.05) is 0 Å². The quantitative estimate of drug-likeness (QED) is 0.684. The Morgan fingerprint density at radius 3 is 2.38 bits per heavy atom. The van der Waals surface area contributed by atoms with E-state index >= 15 is 0 Å². The minimum Gasteiger partial charge on any atom is -0.456 e. The molecule has 0 N–H and O–H groups in total. The largest absolute Gasteiger partial charge is 0.456 e. The zero-order chi connectivity index (χ0) is 15.7. The molecule has 0 saturated heterocycles. The van der Waals surface area contributed by atoms with Crippen molar-refractivity contribution in [3.05, 3.63) is 64.5 Å². The highest BCUT2D eigenvalue weighted by Gasteiger charge is 2.07. The molecule has 0 saturated carbocycles. The molecule has 2 aromatic rings. The van der Waals surface area contributed by atoms with E-state index in [2.05, 4.69) is 12.2 Å². The van der Waals surface area contributed by atoms with E-state index in [0.717, 1.165) is 18.4 Å². The average molecular weight is 284 g/mol. The Morgan fingerprint density at radius 1 is 1.00 bits per heavy atom. The fourth-order valence-corrected chi connectivity index (χ4v) is 2.04. The lowest BCUT2D eigenvalue weighted by atomic mass is 10.0. The molecule has 0 unspecified atom stereocenters. The molecular formula is C19H24O2. The van der Waals surface area contributed by atoms with E-state index in [1.807, 2.05) is 52.0 Å². The van der Waals surface area contributed by atoms with Crippen LogP contribution >= 0.6 is 0 Å². The van der Waals surface area contributed by atoms with E-state index in [9.17, 15) is 4.79 Å².